The number of nitrogens with zero attached hydrogens (tertiary/aromatic N) is 4. The van der Waals surface area contributed by atoms with Crippen LogP contribution < -0.4 is 20.3 Å². The fraction of sp³-hybridized carbons (Fsp3) is 0.421. The molecule has 11 heteroatoms. The molecule has 0 saturated carbocycles. The summed E-state index contributed by atoms with van der Waals surface area (Å²) >= 11 is 5.11. The SMILES string of the molecule is CC(C(N)=O)N(C)c1ccc2c(c1)OCCn1cc(N3C(=S)OC[C@H]3C(F)F)nc1-2. The number of aromatic nitrogens is 2. The molecule has 2 aliphatic rings. The van der Waals surface area contributed by atoms with Gasteiger partial charge in [0.2, 0.25) is 5.91 Å². The molecule has 8 nitrogen and oxygen atoms in total. The summed E-state index contributed by atoms with van der Waals surface area (Å²) in [4.78, 5) is 19.1. The summed E-state index contributed by atoms with van der Waals surface area (Å²) in [6.45, 7) is 2.40. The second-order valence-electron chi connectivity index (χ2n) is 7.18. The molecule has 1 aromatic heterocycles. The topological polar surface area (TPSA) is 85.9 Å². The lowest BCUT2D eigenvalue weighted by molar-refractivity contribution is -0.118. The molecule has 4 rings (SSSR count). The minimum Gasteiger partial charge on any atom is -0.491 e. The van der Waals surface area contributed by atoms with Gasteiger partial charge in [-0.2, -0.15) is 0 Å². The maximum atomic E-state index is 13.4. The van der Waals surface area contributed by atoms with Crippen molar-refractivity contribution in [3.05, 3.63) is 24.4 Å². The third kappa shape index (κ3) is 3.42. The van der Waals surface area contributed by atoms with Crippen LogP contribution in [0.15, 0.2) is 24.4 Å². The quantitative estimate of drug-likeness (QED) is 0.716. The molecular formula is C19H21F2N5O3S. The first-order valence-corrected chi connectivity index (χ1v) is 9.79. The Kier molecular flexibility index (Phi) is 5.22. The van der Waals surface area contributed by atoms with E-state index < -0.39 is 24.4 Å². The second kappa shape index (κ2) is 7.71. The van der Waals surface area contributed by atoms with Crippen molar-refractivity contribution in [3.63, 3.8) is 0 Å². The van der Waals surface area contributed by atoms with Crippen molar-refractivity contribution in [3.8, 4) is 17.1 Å². The van der Waals surface area contributed by atoms with Crippen LogP contribution in [0.4, 0.5) is 20.3 Å². The molecule has 0 aliphatic carbocycles. The summed E-state index contributed by atoms with van der Waals surface area (Å²) in [7, 11) is 1.77. The second-order valence-corrected chi connectivity index (χ2v) is 7.53. The first-order chi connectivity index (χ1) is 14.3. The number of imidazole rings is 1. The maximum Gasteiger partial charge on any atom is 0.265 e. The van der Waals surface area contributed by atoms with Crippen LogP contribution in [0.5, 0.6) is 5.75 Å². The number of rotatable bonds is 5. The number of anilines is 2. The van der Waals surface area contributed by atoms with Gasteiger partial charge in [-0.15, -0.1) is 0 Å². The summed E-state index contributed by atoms with van der Waals surface area (Å²) in [5.74, 6) is 1.04. The molecule has 2 aliphatic heterocycles. The molecule has 1 amide bonds. The zero-order valence-electron chi connectivity index (χ0n) is 16.4. The molecule has 1 fully saturated rings. The van der Waals surface area contributed by atoms with Gasteiger partial charge in [0, 0.05) is 25.0 Å². The number of hydrogen-bond donors (Lipinski definition) is 1. The van der Waals surface area contributed by atoms with Gasteiger partial charge in [-0.3, -0.25) is 9.69 Å². The number of alkyl halides is 2. The Morgan fingerprint density at radius 2 is 2.17 bits per heavy atom. The number of likely N-dealkylation sites (N-methyl/N-ethyl adjacent to an activating group) is 1. The third-order valence-corrected chi connectivity index (χ3v) is 5.72. The van der Waals surface area contributed by atoms with Crippen LogP contribution >= 0.6 is 12.2 Å². The number of carbonyl (C=O) groups is 1. The summed E-state index contributed by atoms with van der Waals surface area (Å²) in [6, 6.07) is 3.80. The number of halogens is 2. The van der Waals surface area contributed by atoms with Gasteiger partial charge in [-0.25, -0.2) is 13.8 Å². The number of carbonyl (C=O) groups excluding carboxylic acids is 1. The number of hydrogen-bond acceptors (Lipinski definition) is 6. The molecule has 3 heterocycles. The van der Waals surface area contributed by atoms with Gasteiger partial charge in [-0.05, 0) is 31.3 Å². The molecule has 1 saturated heterocycles. The van der Waals surface area contributed by atoms with E-state index >= 15 is 0 Å². The van der Waals surface area contributed by atoms with E-state index in [4.69, 9.17) is 27.4 Å². The van der Waals surface area contributed by atoms with Crippen LogP contribution in [0.3, 0.4) is 0 Å². The standard InChI is InChI=1S/C19H21F2N5O3S/c1-10(17(22)27)24(2)11-3-4-12-14(7-11)28-6-5-25-8-15(23-18(12)25)26-13(16(20)21)9-29-19(26)30/h3-4,7-8,10,13,16H,5-6,9H2,1-2H3,(H2,22,27)/t10?,13-/m0/s1. The molecule has 2 aromatic rings. The van der Waals surface area contributed by atoms with Crippen LogP contribution in [0.2, 0.25) is 0 Å². The van der Waals surface area contributed by atoms with Gasteiger partial charge >= 0.3 is 0 Å². The minimum absolute atomic E-state index is 0.0116. The summed E-state index contributed by atoms with van der Waals surface area (Å²) in [5.41, 5.74) is 6.87. The van der Waals surface area contributed by atoms with Crippen LogP contribution in [-0.2, 0) is 16.1 Å². The van der Waals surface area contributed by atoms with E-state index in [1.165, 1.54) is 4.90 Å². The van der Waals surface area contributed by atoms with Crippen LogP contribution in [0.1, 0.15) is 6.92 Å². The highest BCUT2D eigenvalue weighted by atomic mass is 32.1. The van der Waals surface area contributed by atoms with Gasteiger partial charge in [0.05, 0.1) is 12.1 Å². The van der Waals surface area contributed by atoms with E-state index in [1.807, 2.05) is 22.8 Å². The van der Waals surface area contributed by atoms with E-state index in [0.29, 0.717) is 36.1 Å². The zero-order valence-corrected chi connectivity index (χ0v) is 17.2. The van der Waals surface area contributed by atoms with Gasteiger partial charge in [0.15, 0.2) is 5.82 Å². The molecule has 1 aromatic carbocycles. The lowest BCUT2D eigenvalue weighted by atomic mass is 10.1. The summed E-state index contributed by atoms with van der Waals surface area (Å²) in [6.07, 6.45) is -0.938. The minimum atomic E-state index is -2.62. The van der Waals surface area contributed by atoms with Gasteiger partial charge < -0.3 is 24.7 Å². The Morgan fingerprint density at radius 3 is 2.87 bits per heavy atom. The van der Waals surface area contributed by atoms with Gasteiger partial charge in [0.25, 0.3) is 11.6 Å². The van der Waals surface area contributed by atoms with Crippen molar-refractivity contribution in [1.82, 2.24) is 9.55 Å². The lowest BCUT2D eigenvalue weighted by Crippen LogP contribution is -2.40. The van der Waals surface area contributed by atoms with Crippen LogP contribution in [0.25, 0.3) is 11.4 Å². The van der Waals surface area contributed by atoms with Gasteiger partial charge in [0.1, 0.15) is 36.9 Å². The van der Waals surface area contributed by atoms with Crippen molar-refractivity contribution >= 4 is 34.8 Å². The summed E-state index contributed by atoms with van der Waals surface area (Å²) < 4.78 is 39.7. The lowest BCUT2D eigenvalue weighted by Gasteiger charge is -2.25. The Bertz CT molecular complexity index is 999. The molecule has 0 bridgehead atoms. The van der Waals surface area contributed by atoms with Crippen molar-refractivity contribution in [2.45, 2.75) is 32.0 Å². The molecule has 0 radical (unpaired) electrons. The Labute approximate surface area is 177 Å². The van der Waals surface area contributed by atoms with E-state index in [9.17, 15) is 13.6 Å². The fourth-order valence-electron chi connectivity index (χ4n) is 3.49. The molecule has 160 valence electrons. The number of ether oxygens (including phenoxy) is 2. The van der Waals surface area contributed by atoms with Crippen molar-refractivity contribution in [2.24, 2.45) is 5.73 Å². The highest BCUT2D eigenvalue weighted by Gasteiger charge is 2.39. The van der Waals surface area contributed by atoms with Crippen LogP contribution in [0, 0.1) is 0 Å². The van der Waals surface area contributed by atoms with Gasteiger partial charge in [-0.1, -0.05) is 0 Å². The highest BCUT2D eigenvalue weighted by Crippen LogP contribution is 2.37. The maximum absolute atomic E-state index is 13.4. The molecule has 30 heavy (non-hydrogen) atoms. The molecule has 2 atom stereocenters. The normalized spacial score (nSPS) is 18.9. The predicted molar refractivity (Wildman–Crippen MR) is 111 cm³/mol. The summed E-state index contributed by atoms with van der Waals surface area (Å²) in [5, 5.41) is -0.0116. The Hall–Kier alpha value is -2.95. The van der Waals surface area contributed by atoms with E-state index in [2.05, 4.69) is 4.98 Å². The Balaban J connectivity index is 1.71. The van der Waals surface area contributed by atoms with Crippen molar-refractivity contribution < 1.29 is 23.0 Å². The van der Waals surface area contributed by atoms with Crippen molar-refractivity contribution in [1.29, 1.82) is 0 Å². The molecule has 2 N–H and O–H groups in total. The molecular weight excluding hydrogens is 416 g/mol. The van der Waals surface area contributed by atoms with E-state index in [1.54, 1.807) is 25.1 Å². The number of amides is 1. The molecule has 0 spiro atoms. The zero-order chi connectivity index (χ0) is 21.6. The Morgan fingerprint density at radius 1 is 1.40 bits per heavy atom. The largest absolute Gasteiger partial charge is 0.491 e. The smallest absolute Gasteiger partial charge is 0.265 e. The third-order valence-electron chi connectivity index (χ3n) is 5.40. The van der Waals surface area contributed by atoms with Crippen molar-refractivity contribution in [2.75, 3.05) is 30.1 Å². The first kappa shape index (κ1) is 20.3. The number of benzene rings is 1. The number of nitrogens with two attached hydrogens (primary N) is 1. The highest BCUT2D eigenvalue weighted by molar-refractivity contribution is 7.80. The number of fused-ring (bicyclic) bond motifs is 3. The van der Waals surface area contributed by atoms with Crippen LogP contribution in [-0.4, -0.2) is 59.4 Å². The predicted octanol–water partition coefficient (Wildman–Crippen LogP) is 2.01. The monoisotopic (exact) mass is 437 g/mol. The average Bonchev–Trinajstić information content (AvgIpc) is 3.25. The number of primary amides is 1. The van der Waals surface area contributed by atoms with E-state index in [-0.39, 0.29) is 11.8 Å². The fourth-order valence-corrected chi connectivity index (χ4v) is 3.79. The molecule has 1 unspecified atom stereocenters. The average molecular weight is 437 g/mol. The number of thiocarbonyl (C=S) groups is 1. The van der Waals surface area contributed by atoms with E-state index in [0.717, 1.165) is 5.69 Å². The first-order valence-electron chi connectivity index (χ1n) is 9.38.